The van der Waals surface area contributed by atoms with Crippen molar-refractivity contribution < 1.29 is 14.3 Å². The lowest BCUT2D eigenvalue weighted by atomic mass is 10.1. The molecule has 0 spiro atoms. The maximum atomic E-state index is 11.2. The molecular weight excluding hydrogens is 228 g/mol. The Bertz CT molecular complexity index is 582. The highest BCUT2D eigenvalue weighted by Gasteiger charge is 2.04. The van der Waals surface area contributed by atoms with Gasteiger partial charge >= 0.3 is 5.97 Å². The summed E-state index contributed by atoms with van der Waals surface area (Å²) in [6.45, 7) is 4.99. The molecule has 0 saturated carbocycles. The summed E-state index contributed by atoms with van der Waals surface area (Å²) in [5.74, 6) is 0.248. The number of fused-ring (bicyclic) bond motifs is 1. The summed E-state index contributed by atoms with van der Waals surface area (Å²) in [7, 11) is 0. The van der Waals surface area contributed by atoms with Crippen molar-refractivity contribution >= 4 is 16.7 Å². The van der Waals surface area contributed by atoms with Crippen LogP contribution in [0.1, 0.15) is 6.92 Å². The van der Waals surface area contributed by atoms with E-state index in [0.717, 1.165) is 10.8 Å². The van der Waals surface area contributed by atoms with Gasteiger partial charge in [0.15, 0.2) is 0 Å². The van der Waals surface area contributed by atoms with Crippen LogP contribution in [0.5, 0.6) is 5.75 Å². The van der Waals surface area contributed by atoms with Crippen LogP contribution in [0.2, 0.25) is 0 Å². The number of hydrogen-bond acceptors (Lipinski definition) is 3. The van der Waals surface area contributed by atoms with Crippen molar-refractivity contribution in [2.75, 3.05) is 6.79 Å². The predicted molar refractivity (Wildman–Crippen MR) is 70.3 cm³/mol. The van der Waals surface area contributed by atoms with Crippen molar-refractivity contribution in [3.63, 3.8) is 0 Å². The van der Waals surface area contributed by atoms with Gasteiger partial charge < -0.3 is 9.47 Å². The van der Waals surface area contributed by atoms with E-state index in [4.69, 9.17) is 9.47 Å². The Morgan fingerprint density at radius 3 is 2.67 bits per heavy atom. The molecule has 3 nitrogen and oxygen atoms in total. The van der Waals surface area contributed by atoms with Gasteiger partial charge in [-0.2, -0.15) is 0 Å². The van der Waals surface area contributed by atoms with Crippen LogP contribution < -0.4 is 4.74 Å². The molecular formula is C15H14O3. The van der Waals surface area contributed by atoms with Gasteiger partial charge in [0, 0.05) is 11.0 Å². The molecule has 2 aromatic carbocycles. The fourth-order valence-electron chi connectivity index (χ4n) is 1.59. The Hall–Kier alpha value is -2.29. The molecule has 0 aliphatic rings. The van der Waals surface area contributed by atoms with Gasteiger partial charge in [0.05, 0.1) is 0 Å². The van der Waals surface area contributed by atoms with E-state index in [2.05, 4.69) is 6.58 Å². The van der Waals surface area contributed by atoms with Gasteiger partial charge in [0.25, 0.3) is 0 Å². The lowest BCUT2D eigenvalue weighted by Gasteiger charge is -2.09. The molecule has 0 bridgehead atoms. The fraction of sp³-hybridized carbons (Fsp3) is 0.133. The minimum Gasteiger partial charge on any atom is -0.457 e. The van der Waals surface area contributed by atoms with Crippen molar-refractivity contribution in [1.82, 2.24) is 0 Å². The SMILES string of the molecule is C=C(C)C(=O)OCOc1cccc2ccccc12. The van der Waals surface area contributed by atoms with Crippen molar-refractivity contribution in [2.24, 2.45) is 0 Å². The lowest BCUT2D eigenvalue weighted by molar-refractivity contribution is -0.145. The molecule has 18 heavy (non-hydrogen) atoms. The van der Waals surface area contributed by atoms with Crippen LogP contribution in [0, 0.1) is 0 Å². The molecule has 0 heterocycles. The molecule has 92 valence electrons. The van der Waals surface area contributed by atoms with Gasteiger partial charge in [-0.05, 0) is 18.4 Å². The van der Waals surface area contributed by atoms with E-state index in [1.54, 1.807) is 6.92 Å². The van der Waals surface area contributed by atoms with E-state index in [1.807, 2.05) is 42.5 Å². The van der Waals surface area contributed by atoms with Crippen molar-refractivity contribution in [3.8, 4) is 5.75 Å². The first-order valence-corrected chi connectivity index (χ1v) is 5.61. The van der Waals surface area contributed by atoms with E-state index in [-0.39, 0.29) is 6.79 Å². The Kier molecular flexibility index (Phi) is 3.63. The second-order valence-electron chi connectivity index (χ2n) is 3.95. The minimum absolute atomic E-state index is 0.111. The van der Waals surface area contributed by atoms with Crippen LogP contribution >= 0.6 is 0 Å². The average Bonchev–Trinajstić information content (AvgIpc) is 2.38. The number of carbonyl (C=O) groups is 1. The van der Waals surface area contributed by atoms with Crippen LogP contribution in [0.3, 0.4) is 0 Å². The zero-order chi connectivity index (χ0) is 13.0. The molecule has 0 fully saturated rings. The largest absolute Gasteiger partial charge is 0.457 e. The smallest absolute Gasteiger partial charge is 0.335 e. The molecule has 0 saturated heterocycles. The summed E-state index contributed by atoms with van der Waals surface area (Å²) in [6, 6.07) is 13.6. The van der Waals surface area contributed by atoms with Gasteiger partial charge in [0.1, 0.15) is 5.75 Å². The van der Waals surface area contributed by atoms with E-state index in [1.165, 1.54) is 0 Å². The van der Waals surface area contributed by atoms with Gasteiger partial charge in [-0.25, -0.2) is 4.79 Å². The second kappa shape index (κ2) is 5.36. The van der Waals surface area contributed by atoms with Crippen LogP contribution in [0.25, 0.3) is 10.8 Å². The van der Waals surface area contributed by atoms with Crippen molar-refractivity contribution in [3.05, 3.63) is 54.6 Å². The molecule has 2 rings (SSSR count). The lowest BCUT2D eigenvalue weighted by Crippen LogP contribution is -2.10. The molecule has 0 N–H and O–H groups in total. The van der Waals surface area contributed by atoms with Crippen LogP contribution in [-0.4, -0.2) is 12.8 Å². The zero-order valence-electron chi connectivity index (χ0n) is 10.2. The maximum Gasteiger partial charge on any atom is 0.335 e. The second-order valence-corrected chi connectivity index (χ2v) is 3.95. The molecule has 3 heteroatoms. The molecule has 0 aliphatic carbocycles. The monoisotopic (exact) mass is 242 g/mol. The normalized spacial score (nSPS) is 10.1. The predicted octanol–water partition coefficient (Wildman–Crippen LogP) is 3.30. The highest BCUT2D eigenvalue weighted by molar-refractivity contribution is 5.88. The summed E-state index contributed by atoms with van der Waals surface area (Å²) in [5.41, 5.74) is 0.358. The summed E-state index contributed by atoms with van der Waals surface area (Å²) >= 11 is 0. The number of benzene rings is 2. The number of rotatable bonds is 4. The fourth-order valence-corrected chi connectivity index (χ4v) is 1.59. The molecule has 0 aliphatic heterocycles. The third-order valence-electron chi connectivity index (χ3n) is 2.50. The molecule has 2 aromatic rings. The molecule has 0 unspecified atom stereocenters. The molecule has 0 atom stereocenters. The topological polar surface area (TPSA) is 35.5 Å². The van der Waals surface area contributed by atoms with Crippen molar-refractivity contribution in [1.29, 1.82) is 0 Å². The Balaban J connectivity index is 2.08. The first-order valence-electron chi connectivity index (χ1n) is 5.61. The van der Waals surface area contributed by atoms with Gasteiger partial charge in [-0.1, -0.05) is 43.0 Å². The third-order valence-corrected chi connectivity index (χ3v) is 2.50. The number of esters is 1. The number of carbonyl (C=O) groups excluding carboxylic acids is 1. The Morgan fingerprint density at radius 2 is 1.89 bits per heavy atom. The summed E-state index contributed by atoms with van der Waals surface area (Å²) in [5, 5.41) is 2.08. The number of hydrogen-bond donors (Lipinski definition) is 0. The zero-order valence-corrected chi connectivity index (χ0v) is 10.2. The van der Waals surface area contributed by atoms with Crippen molar-refractivity contribution in [2.45, 2.75) is 6.92 Å². The summed E-state index contributed by atoms with van der Waals surface area (Å²) < 4.78 is 10.4. The average molecular weight is 242 g/mol. The van der Waals surface area contributed by atoms with Crippen LogP contribution in [-0.2, 0) is 9.53 Å². The van der Waals surface area contributed by atoms with E-state index in [0.29, 0.717) is 11.3 Å². The number of ether oxygens (including phenoxy) is 2. The Labute approximate surface area is 106 Å². The quantitative estimate of drug-likeness (QED) is 0.469. The molecule has 0 radical (unpaired) electrons. The van der Waals surface area contributed by atoms with Crippen LogP contribution in [0.4, 0.5) is 0 Å². The first kappa shape index (κ1) is 12.2. The molecule has 0 aromatic heterocycles. The van der Waals surface area contributed by atoms with E-state index >= 15 is 0 Å². The van der Waals surface area contributed by atoms with Gasteiger partial charge in [-0.15, -0.1) is 0 Å². The summed E-state index contributed by atoms with van der Waals surface area (Å²) in [4.78, 5) is 11.2. The van der Waals surface area contributed by atoms with Gasteiger partial charge in [0.2, 0.25) is 6.79 Å². The third kappa shape index (κ3) is 2.69. The van der Waals surface area contributed by atoms with E-state index < -0.39 is 5.97 Å². The summed E-state index contributed by atoms with van der Waals surface area (Å²) in [6.07, 6.45) is 0. The Morgan fingerprint density at radius 1 is 1.17 bits per heavy atom. The standard InChI is InChI=1S/C15H14O3/c1-11(2)15(16)18-10-17-14-9-5-7-12-6-3-4-8-13(12)14/h3-9H,1,10H2,2H3. The maximum absolute atomic E-state index is 11.2. The van der Waals surface area contributed by atoms with E-state index in [9.17, 15) is 4.79 Å². The van der Waals surface area contributed by atoms with Crippen LogP contribution in [0.15, 0.2) is 54.6 Å². The first-order chi connectivity index (χ1) is 8.68. The highest BCUT2D eigenvalue weighted by atomic mass is 16.7. The molecule has 0 amide bonds. The minimum atomic E-state index is -0.449. The van der Waals surface area contributed by atoms with Gasteiger partial charge in [-0.3, -0.25) is 0 Å². The highest BCUT2D eigenvalue weighted by Crippen LogP contribution is 2.24.